The van der Waals surface area contributed by atoms with Crippen LogP contribution in [0.1, 0.15) is 40.0 Å². The van der Waals surface area contributed by atoms with Gasteiger partial charge in [-0.3, -0.25) is 4.79 Å². The van der Waals surface area contributed by atoms with Crippen LogP contribution < -0.4 is 21.7 Å². The Morgan fingerprint density at radius 2 is 1.78 bits per heavy atom. The standard InChI is InChI=1S/C14H28N4O5/c1-14(2,3)23-13(22)17-8-7-16-11(19)9-10(5-4-6-15)18-12(20)21/h10,18H,4-9,15H2,1-3H3,(H,16,19)(H,17,22)(H,20,21)/t10-/m0/s1. The fourth-order valence-electron chi connectivity index (χ4n) is 1.74. The molecule has 0 unspecified atom stereocenters. The average Bonchev–Trinajstić information content (AvgIpc) is 2.38. The van der Waals surface area contributed by atoms with Gasteiger partial charge in [-0.25, -0.2) is 9.59 Å². The summed E-state index contributed by atoms with van der Waals surface area (Å²) in [4.78, 5) is 33.8. The molecule has 1 atom stereocenters. The van der Waals surface area contributed by atoms with Crippen molar-refractivity contribution in [2.75, 3.05) is 19.6 Å². The van der Waals surface area contributed by atoms with Crippen molar-refractivity contribution in [3.05, 3.63) is 0 Å². The minimum Gasteiger partial charge on any atom is -0.465 e. The lowest BCUT2D eigenvalue weighted by Gasteiger charge is -2.20. The molecule has 0 aliphatic carbocycles. The summed E-state index contributed by atoms with van der Waals surface area (Å²) in [6, 6.07) is -0.477. The van der Waals surface area contributed by atoms with E-state index in [0.29, 0.717) is 19.4 Å². The molecule has 0 bridgehead atoms. The zero-order chi connectivity index (χ0) is 17.9. The number of carbonyl (C=O) groups is 3. The lowest BCUT2D eigenvalue weighted by molar-refractivity contribution is -0.121. The highest BCUT2D eigenvalue weighted by molar-refractivity contribution is 5.77. The SMILES string of the molecule is CC(C)(C)OC(=O)NCCNC(=O)C[C@H](CCCN)NC(=O)O. The van der Waals surface area contributed by atoms with Gasteiger partial charge in [0.15, 0.2) is 0 Å². The summed E-state index contributed by atoms with van der Waals surface area (Å²) < 4.78 is 5.05. The number of hydrogen-bond acceptors (Lipinski definition) is 5. The molecule has 0 aliphatic heterocycles. The molecule has 0 aromatic heterocycles. The number of rotatable bonds is 9. The molecule has 0 radical (unpaired) electrons. The summed E-state index contributed by atoms with van der Waals surface area (Å²) in [5.74, 6) is -0.299. The second-order valence-corrected chi connectivity index (χ2v) is 6.06. The molecule has 9 heteroatoms. The minimum absolute atomic E-state index is 0.0265. The molecular weight excluding hydrogens is 304 g/mol. The Labute approximate surface area is 136 Å². The predicted molar refractivity (Wildman–Crippen MR) is 85.1 cm³/mol. The largest absolute Gasteiger partial charge is 0.465 e. The maximum absolute atomic E-state index is 11.8. The van der Waals surface area contributed by atoms with Crippen molar-refractivity contribution in [1.29, 1.82) is 0 Å². The third kappa shape index (κ3) is 13.4. The second kappa shape index (κ2) is 10.7. The Bertz CT molecular complexity index is 395. The van der Waals surface area contributed by atoms with E-state index in [4.69, 9.17) is 15.6 Å². The first-order valence-corrected chi connectivity index (χ1v) is 7.57. The van der Waals surface area contributed by atoms with E-state index in [-0.39, 0.29) is 25.4 Å². The molecule has 0 heterocycles. The van der Waals surface area contributed by atoms with Gasteiger partial charge < -0.3 is 31.5 Å². The lowest BCUT2D eigenvalue weighted by Crippen LogP contribution is -2.41. The van der Waals surface area contributed by atoms with Crippen LogP contribution in [0.25, 0.3) is 0 Å². The van der Waals surface area contributed by atoms with Crippen LogP contribution in [0.2, 0.25) is 0 Å². The van der Waals surface area contributed by atoms with Crippen molar-refractivity contribution in [3.8, 4) is 0 Å². The number of ether oxygens (including phenoxy) is 1. The van der Waals surface area contributed by atoms with Crippen LogP contribution in [0.15, 0.2) is 0 Å². The molecule has 0 aromatic carbocycles. The third-order valence-electron chi connectivity index (χ3n) is 2.63. The first kappa shape index (κ1) is 21.0. The molecule has 0 aromatic rings. The van der Waals surface area contributed by atoms with Gasteiger partial charge >= 0.3 is 12.2 Å². The van der Waals surface area contributed by atoms with E-state index < -0.39 is 23.8 Å². The predicted octanol–water partition coefficient (Wildman–Crippen LogP) is 0.393. The van der Waals surface area contributed by atoms with Crippen LogP contribution in [0.5, 0.6) is 0 Å². The van der Waals surface area contributed by atoms with Crippen LogP contribution in [0.4, 0.5) is 9.59 Å². The highest BCUT2D eigenvalue weighted by Crippen LogP contribution is 2.06. The van der Waals surface area contributed by atoms with Crippen molar-refractivity contribution in [2.24, 2.45) is 5.73 Å². The first-order chi connectivity index (χ1) is 10.6. The van der Waals surface area contributed by atoms with Gasteiger partial charge in [-0.2, -0.15) is 0 Å². The van der Waals surface area contributed by atoms with Gasteiger partial charge in [-0.15, -0.1) is 0 Å². The van der Waals surface area contributed by atoms with Gasteiger partial charge in [0.2, 0.25) is 5.91 Å². The Morgan fingerprint density at radius 3 is 2.30 bits per heavy atom. The summed E-state index contributed by atoms with van der Waals surface area (Å²) in [7, 11) is 0. The number of carboxylic acid groups (broad SMARTS) is 1. The molecule has 0 aliphatic rings. The summed E-state index contributed by atoms with van der Waals surface area (Å²) >= 11 is 0. The average molecular weight is 332 g/mol. The molecule has 0 saturated carbocycles. The topological polar surface area (TPSA) is 143 Å². The lowest BCUT2D eigenvalue weighted by atomic mass is 10.1. The molecular formula is C14H28N4O5. The highest BCUT2D eigenvalue weighted by Gasteiger charge is 2.17. The van der Waals surface area contributed by atoms with Crippen molar-refractivity contribution < 1.29 is 24.2 Å². The number of nitrogens with one attached hydrogen (secondary N) is 3. The Kier molecular flexibility index (Phi) is 9.71. The van der Waals surface area contributed by atoms with Crippen LogP contribution in [-0.4, -0.2) is 54.5 Å². The van der Waals surface area contributed by atoms with E-state index in [9.17, 15) is 14.4 Å². The van der Waals surface area contributed by atoms with Gasteiger partial charge in [0.05, 0.1) is 0 Å². The molecule has 23 heavy (non-hydrogen) atoms. The maximum Gasteiger partial charge on any atom is 0.407 e. The fourth-order valence-corrected chi connectivity index (χ4v) is 1.74. The van der Waals surface area contributed by atoms with Crippen LogP contribution >= 0.6 is 0 Å². The molecule has 3 amide bonds. The molecule has 0 fully saturated rings. The van der Waals surface area contributed by atoms with Gasteiger partial charge in [-0.05, 0) is 40.2 Å². The molecule has 9 nitrogen and oxygen atoms in total. The maximum atomic E-state index is 11.8. The van der Waals surface area contributed by atoms with E-state index in [1.54, 1.807) is 20.8 Å². The van der Waals surface area contributed by atoms with E-state index in [1.165, 1.54) is 0 Å². The molecule has 0 rings (SSSR count). The number of hydrogen-bond donors (Lipinski definition) is 5. The Balaban J connectivity index is 3.98. The summed E-state index contributed by atoms with van der Waals surface area (Å²) in [5.41, 5.74) is 4.80. The minimum atomic E-state index is -1.17. The van der Waals surface area contributed by atoms with Gasteiger partial charge in [0.1, 0.15) is 5.60 Å². The monoisotopic (exact) mass is 332 g/mol. The van der Waals surface area contributed by atoms with E-state index in [1.807, 2.05) is 0 Å². The smallest absolute Gasteiger partial charge is 0.407 e. The Hall–Kier alpha value is -2.03. The van der Waals surface area contributed by atoms with Gasteiger partial charge in [-0.1, -0.05) is 0 Å². The zero-order valence-electron chi connectivity index (χ0n) is 14.0. The summed E-state index contributed by atoms with van der Waals surface area (Å²) in [6.07, 6.45) is -0.588. The summed E-state index contributed by atoms with van der Waals surface area (Å²) in [5, 5.41) is 16.1. The first-order valence-electron chi connectivity index (χ1n) is 7.57. The van der Waals surface area contributed by atoms with Crippen LogP contribution in [0.3, 0.4) is 0 Å². The van der Waals surface area contributed by atoms with Crippen molar-refractivity contribution in [3.63, 3.8) is 0 Å². The molecule has 6 N–H and O–H groups in total. The van der Waals surface area contributed by atoms with E-state index in [2.05, 4.69) is 16.0 Å². The van der Waals surface area contributed by atoms with Crippen LogP contribution in [-0.2, 0) is 9.53 Å². The summed E-state index contributed by atoms with van der Waals surface area (Å²) in [6.45, 7) is 6.15. The van der Waals surface area contributed by atoms with Crippen molar-refractivity contribution in [2.45, 2.75) is 51.7 Å². The van der Waals surface area contributed by atoms with Gasteiger partial charge in [0, 0.05) is 25.6 Å². The number of nitrogens with two attached hydrogens (primary N) is 1. The van der Waals surface area contributed by atoms with E-state index >= 15 is 0 Å². The van der Waals surface area contributed by atoms with Crippen molar-refractivity contribution >= 4 is 18.1 Å². The normalized spacial score (nSPS) is 12.2. The third-order valence-corrected chi connectivity index (χ3v) is 2.63. The zero-order valence-corrected chi connectivity index (χ0v) is 14.0. The molecule has 0 saturated heterocycles. The quantitative estimate of drug-likeness (QED) is 0.387. The fraction of sp³-hybridized carbons (Fsp3) is 0.786. The number of amides is 3. The van der Waals surface area contributed by atoms with Gasteiger partial charge in [0.25, 0.3) is 0 Å². The Morgan fingerprint density at radius 1 is 1.17 bits per heavy atom. The molecule has 134 valence electrons. The second-order valence-electron chi connectivity index (χ2n) is 6.06. The number of alkyl carbamates (subject to hydrolysis) is 1. The number of carbonyl (C=O) groups excluding carboxylic acids is 2. The highest BCUT2D eigenvalue weighted by atomic mass is 16.6. The van der Waals surface area contributed by atoms with Crippen LogP contribution in [0, 0.1) is 0 Å². The van der Waals surface area contributed by atoms with E-state index in [0.717, 1.165) is 0 Å². The molecule has 0 spiro atoms. The van der Waals surface area contributed by atoms with Crippen molar-refractivity contribution in [1.82, 2.24) is 16.0 Å².